The molecule has 2 amide bonds. The van der Waals surface area contributed by atoms with E-state index in [4.69, 9.17) is 4.42 Å². The average Bonchev–Trinajstić information content (AvgIpc) is 3.23. The lowest BCUT2D eigenvalue weighted by Gasteiger charge is -2.48. The predicted octanol–water partition coefficient (Wildman–Crippen LogP) is 5.20. The number of carbonyl (C=O) groups is 2. The third-order valence-electron chi connectivity index (χ3n) is 5.46. The van der Waals surface area contributed by atoms with Crippen LogP contribution in [0.5, 0.6) is 0 Å². The van der Waals surface area contributed by atoms with Gasteiger partial charge in [0.15, 0.2) is 5.76 Å². The van der Waals surface area contributed by atoms with Crippen molar-refractivity contribution in [3.63, 3.8) is 0 Å². The maximum absolute atomic E-state index is 13.3. The molecule has 1 atom stereocenters. The first-order chi connectivity index (χ1) is 13.9. The quantitative estimate of drug-likeness (QED) is 0.619. The minimum absolute atomic E-state index is 0.0300. The Morgan fingerprint density at radius 2 is 1.69 bits per heavy atom. The van der Waals surface area contributed by atoms with E-state index >= 15 is 0 Å². The van der Waals surface area contributed by atoms with Gasteiger partial charge in [-0.05, 0) is 56.2 Å². The highest BCUT2D eigenvalue weighted by atomic mass is 16.3. The summed E-state index contributed by atoms with van der Waals surface area (Å²) in [4.78, 5) is 29.6. The van der Waals surface area contributed by atoms with Gasteiger partial charge in [0.25, 0.3) is 5.91 Å². The number of anilines is 2. The smallest absolute Gasteiger partial charge is 0.294 e. The third kappa shape index (κ3) is 3.33. The Hall–Kier alpha value is -3.34. The van der Waals surface area contributed by atoms with Crippen LogP contribution in [0.3, 0.4) is 0 Å². The Kier molecular flexibility index (Phi) is 4.74. The van der Waals surface area contributed by atoms with Gasteiger partial charge in [0.1, 0.15) is 0 Å². The summed E-state index contributed by atoms with van der Waals surface area (Å²) in [5.74, 6) is 0.0930. The standard InChI is InChI=1S/C24H24N2O3/c1-17(27)25(18-10-5-4-6-11-18)21-16-24(2,3)26(20-13-8-7-12-19(20)21)23(28)22-14-9-15-29-22/h4-15,21H,16H2,1-3H3. The molecule has 2 heterocycles. The monoisotopic (exact) mass is 388 g/mol. The highest BCUT2D eigenvalue weighted by Gasteiger charge is 2.44. The third-order valence-corrected chi connectivity index (χ3v) is 5.46. The van der Waals surface area contributed by atoms with Crippen LogP contribution >= 0.6 is 0 Å². The second-order valence-electron chi connectivity index (χ2n) is 7.93. The zero-order valence-corrected chi connectivity index (χ0v) is 16.8. The Morgan fingerprint density at radius 1 is 1.00 bits per heavy atom. The van der Waals surface area contributed by atoms with Gasteiger partial charge < -0.3 is 9.32 Å². The van der Waals surface area contributed by atoms with Crippen LogP contribution in [0.4, 0.5) is 11.4 Å². The molecule has 29 heavy (non-hydrogen) atoms. The summed E-state index contributed by atoms with van der Waals surface area (Å²) in [6.07, 6.45) is 2.11. The number of benzene rings is 2. The van der Waals surface area contributed by atoms with Crippen molar-refractivity contribution in [2.24, 2.45) is 0 Å². The van der Waals surface area contributed by atoms with Crippen LogP contribution in [0.25, 0.3) is 0 Å². The molecule has 0 N–H and O–H groups in total. The maximum Gasteiger partial charge on any atom is 0.294 e. The molecule has 1 aromatic heterocycles. The van der Waals surface area contributed by atoms with Crippen molar-refractivity contribution in [3.05, 3.63) is 84.3 Å². The largest absolute Gasteiger partial charge is 0.459 e. The minimum Gasteiger partial charge on any atom is -0.459 e. The van der Waals surface area contributed by atoms with Crippen molar-refractivity contribution >= 4 is 23.2 Å². The van der Waals surface area contributed by atoms with Crippen molar-refractivity contribution in [2.45, 2.75) is 38.8 Å². The van der Waals surface area contributed by atoms with E-state index in [0.717, 1.165) is 16.9 Å². The molecule has 2 aromatic carbocycles. The molecule has 1 aliphatic heterocycles. The summed E-state index contributed by atoms with van der Waals surface area (Å²) >= 11 is 0. The Labute approximate surface area is 170 Å². The van der Waals surface area contributed by atoms with E-state index in [1.54, 1.807) is 24.0 Å². The number of nitrogens with zero attached hydrogens (tertiary/aromatic N) is 2. The predicted molar refractivity (Wildman–Crippen MR) is 113 cm³/mol. The van der Waals surface area contributed by atoms with E-state index in [1.165, 1.54) is 6.26 Å². The molecule has 0 spiro atoms. The van der Waals surface area contributed by atoms with Crippen LogP contribution < -0.4 is 9.80 Å². The first-order valence-electron chi connectivity index (χ1n) is 9.72. The van der Waals surface area contributed by atoms with Gasteiger partial charge in [-0.25, -0.2) is 0 Å². The highest BCUT2D eigenvalue weighted by molar-refractivity contribution is 6.06. The van der Waals surface area contributed by atoms with E-state index in [1.807, 2.05) is 73.3 Å². The van der Waals surface area contributed by atoms with E-state index in [2.05, 4.69) is 0 Å². The van der Waals surface area contributed by atoms with Crippen molar-refractivity contribution in [1.29, 1.82) is 0 Å². The average molecular weight is 388 g/mol. The van der Waals surface area contributed by atoms with Gasteiger partial charge in [-0.3, -0.25) is 14.5 Å². The van der Waals surface area contributed by atoms with Crippen LogP contribution in [-0.4, -0.2) is 17.4 Å². The molecule has 3 aromatic rings. The number of furan rings is 1. The summed E-state index contributed by atoms with van der Waals surface area (Å²) in [7, 11) is 0. The topological polar surface area (TPSA) is 53.8 Å². The molecule has 1 aliphatic rings. The molecule has 1 unspecified atom stereocenters. The van der Waals surface area contributed by atoms with Gasteiger partial charge in [-0.1, -0.05) is 36.4 Å². The molecule has 0 aliphatic carbocycles. The van der Waals surface area contributed by atoms with Crippen LogP contribution in [0, 0.1) is 0 Å². The van der Waals surface area contributed by atoms with Gasteiger partial charge in [-0.15, -0.1) is 0 Å². The van der Waals surface area contributed by atoms with Crippen LogP contribution in [0.2, 0.25) is 0 Å². The van der Waals surface area contributed by atoms with Crippen molar-refractivity contribution in [1.82, 2.24) is 0 Å². The summed E-state index contributed by atoms with van der Waals surface area (Å²) in [6.45, 7) is 5.64. The van der Waals surface area contributed by atoms with Gasteiger partial charge in [0, 0.05) is 23.8 Å². The van der Waals surface area contributed by atoms with Crippen LogP contribution in [-0.2, 0) is 4.79 Å². The van der Waals surface area contributed by atoms with Crippen molar-refractivity contribution in [2.75, 3.05) is 9.80 Å². The zero-order valence-electron chi connectivity index (χ0n) is 16.8. The SMILES string of the molecule is CC(=O)N(c1ccccc1)C1CC(C)(C)N(C(=O)c2ccco2)c2ccccc21. The van der Waals surface area contributed by atoms with Crippen molar-refractivity contribution < 1.29 is 14.0 Å². The summed E-state index contributed by atoms with van der Waals surface area (Å²) in [5.41, 5.74) is 2.08. The maximum atomic E-state index is 13.3. The zero-order chi connectivity index (χ0) is 20.6. The molecule has 0 saturated heterocycles. The Balaban J connectivity index is 1.85. The van der Waals surface area contributed by atoms with Crippen molar-refractivity contribution in [3.8, 4) is 0 Å². The number of para-hydroxylation sites is 2. The number of rotatable bonds is 3. The lowest BCUT2D eigenvalue weighted by Crippen LogP contribution is -2.54. The van der Waals surface area contributed by atoms with E-state index in [-0.39, 0.29) is 17.9 Å². The molecule has 5 heteroatoms. The second kappa shape index (κ2) is 7.24. The van der Waals surface area contributed by atoms with Gasteiger partial charge in [0.2, 0.25) is 5.91 Å². The lowest BCUT2D eigenvalue weighted by atomic mass is 9.82. The molecule has 5 nitrogen and oxygen atoms in total. The van der Waals surface area contributed by atoms with E-state index in [9.17, 15) is 9.59 Å². The fraction of sp³-hybridized carbons (Fsp3) is 0.250. The molecular weight excluding hydrogens is 364 g/mol. The summed E-state index contributed by atoms with van der Waals surface area (Å²) in [5, 5.41) is 0. The highest BCUT2D eigenvalue weighted by Crippen LogP contribution is 2.46. The van der Waals surface area contributed by atoms with Crippen LogP contribution in [0.1, 0.15) is 49.4 Å². The van der Waals surface area contributed by atoms with Crippen LogP contribution in [0.15, 0.2) is 77.4 Å². The van der Waals surface area contributed by atoms with E-state index in [0.29, 0.717) is 12.2 Å². The molecule has 4 rings (SSSR count). The minimum atomic E-state index is -0.522. The first-order valence-corrected chi connectivity index (χ1v) is 9.72. The first kappa shape index (κ1) is 19.0. The number of hydrogen-bond acceptors (Lipinski definition) is 3. The van der Waals surface area contributed by atoms with Gasteiger partial charge in [0.05, 0.1) is 12.3 Å². The lowest BCUT2D eigenvalue weighted by molar-refractivity contribution is -0.117. The molecule has 148 valence electrons. The van der Waals surface area contributed by atoms with Gasteiger partial charge >= 0.3 is 0 Å². The Bertz CT molecular complexity index is 1030. The molecule has 0 bridgehead atoms. The number of hydrogen-bond donors (Lipinski definition) is 0. The molecule has 0 radical (unpaired) electrons. The molecule has 0 saturated carbocycles. The normalized spacial score (nSPS) is 17.5. The van der Waals surface area contributed by atoms with E-state index < -0.39 is 5.54 Å². The molecule has 0 fully saturated rings. The fourth-order valence-electron chi connectivity index (χ4n) is 4.27. The summed E-state index contributed by atoms with van der Waals surface area (Å²) < 4.78 is 5.38. The summed E-state index contributed by atoms with van der Waals surface area (Å²) in [6, 6.07) is 20.7. The number of carbonyl (C=O) groups excluding carboxylic acids is 2. The molecular formula is C24H24N2O3. The van der Waals surface area contributed by atoms with Gasteiger partial charge in [-0.2, -0.15) is 0 Å². The second-order valence-corrected chi connectivity index (χ2v) is 7.93. The number of fused-ring (bicyclic) bond motifs is 1. The number of amides is 2. The fourth-order valence-corrected chi connectivity index (χ4v) is 4.27. The Morgan fingerprint density at radius 3 is 2.34 bits per heavy atom.